The molecule has 1 unspecified atom stereocenters. The fourth-order valence-electron chi connectivity index (χ4n) is 2.61. The Morgan fingerprint density at radius 3 is 3.16 bits per heavy atom. The van der Waals surface area contributed by atoms with E-state index in [4.69, 9.17) is 10.5 Å². The summed E-state index contributed by atoms with van der Waals surface area (Å²) < 4.78 is 5.96. The lowest BCUT2D eigenvalue weighted by Crippen LogP contribution is -2.55. The molecule has 1 fully saturated rings. The molecule has 3 rings (SSSR count). The topological polar surface area (TPSA) is 64.3 Å². The number of hydrogen-bond acceptors (Lipinski definition) is 6. The van der Waals surface area contributed by atoms with Crippen molar-refractivity contribution >= 4 is 27.4 Å². The SMILES string of the molecule is CC1(C)CN(c2ncnc3sccc23)CC(CN)O1. The first-order valence-corrected chi connectivity index (χ1v) is 7.28. The van der Waals surface area contributed by atoms with Crippen molar-refractivity contribution in [3.63, 3.8) is 0 Å². The number of hydrogen-bond donors (Lipinski definition) is 1. The standard InChI is InChI=1S/C13H18N4OS/c1-13(2)7-17(6-9(5-14)18-13)11-10-3-4-19-12(10)16-8-15-11/h3-4,8-9H,5-7,14H2,1-2H3. The van der Waals surface area contributed by atoms with E-state index >= 15 is 0 Å². The Morgan fingerprint density at radius 2 is 2.37 bits per heavy atom. The molecule has 0 amide bonds. The Labute approximate surface area is 116 Å². The van der Waals surface area contributed by atoms with Crippen molar-refractivity contribution < 1.29 is 4.74 Å². The van der Waals surface area contributed by atoms with Crippen LogP contribution in [-0.2, 0) is 4.74 Å². The van der Waals surface area contributed by atoms with Crippen molar-refractivity contribution in [1.29, 1.82) is 0 Å². The molecule has 0 radical (unpaired) electrons. The molecule has 19 heavy (non-hydrogen) atoms. The quantitative estimate of drug-likeness (QED) is 0.904. The molecule has 0 bridgehead atoms. The number of anilines is 1. The zero-order chi connectivity index (χ0) is 13.5. The highest BCUT2D eigenvalue weighted by molar-refractivity contribution is 7.16. The molecule has 5 nitrogen and oxygen atoms in total. The molecule has 1 atom stereocenters. The van der Waals surface area contributed by atoms with Crippen molar-refractivity contribution in [2.75, 3.05) is 24.5 Å². The van der Waals surface area contributed by atoms with Crippen LogP contribution in [0.25, 0.3) is 10.2 Å². The minimum atomic E-state index is -0.213. The zero-order valence-corrected chi connectivity index (χ0v) is 12.0. The van der Waals surface area contributed by atoms with Crippen LogP contribution in [-0.4, -0.2) is 41.3 Å². The first-order valence-electron chi connectivity index (χ1n) is 6.40. The third kappa shape index (κ3) is 2.43. The number of nitrogens with two attached hydrogens (primary N) is 1. The monoisotopic (exact) mass is 278 g/mol. The number of aromatic nitrogens is 2. The van der Waals surface area contributed by atoms with E-state index < -0.39 is 0 Å². The number of rotatable bonds is 2. The summed E-state index contributed by atoms with van der Waals surface area (Å²) in [5, 5.41) is 3.16. The first kappa shape index (κ1) is 12.8. The molecule has 0 spiro atoms. The molecule has 102 valence electrons. The van der Waals surface area contributed by atoms with Gasteiger partial charge in [0.15, 0.2) is 0 Å². The fourth-order valence-corrected chi connectivity index (χ4v) is 3.34. The Balaban J connectivity index is 1.98. The van der Waals surface area contributed by atoms with Gasteiger partial charge in [0.2, 0.25) is 0 Å². The Kier molecular flexibility index (Phi) is 3.16. The molecule has 2 aromatic rings. The van der Waals surface area contributed by atoms with Crippen molar-refractivity contribution in [2.45, 2.75) is 25.6 Å². The molecular formula is C13H18N4OS. The second-order valence-electron chi connectivity index (χ2n) is 5.45. The van der Waals surface area contributed by atoms with Crippen LogP contribution in [0.1, 0.15) is 13.8 Å². The average Bonchev–Trinajstić information content (AvgIpc) is 2.84. The van der Waals surface area contributed by atoms with Crippen LogP contribution in [0.5, 0.6) is 0 Å². The number of thiophene rings is 1. The molecule has 1 aliphatic heterocycles. The summed E-state index contributed by atoms with van der Waals surface area (Å²) in [5.74, 6) is 0.987. The van der Waals surface area contributed by atoms with Crippen LogP contribution < -0.4 is 10.6 Å². The summed E-state index contributed by atoms with van der Waals surface area (Å²) in [7, 11) is 0. The molecule has 6 heteroatoms. The van der Waals surface area contributed by atoms with Crippen LogP contribution >= 0.6 is 11.3 Å². The fraction of sp³-hybridized carbons (Fsp3) is 0.538. The molecule has 1 aliphatic rings. The Hall–Kier alpha value is -1.24. The molecule has 1 saturated heterocycles. The number of morpholine rings is 1. The third-order valence-electron chi connectivity index (χ3n) is 3.28. The maximum atomic E-state index is 5.96. The van der Waals surface area contributed by atoms with Crippen molar-refractivity contribution in [1.82, 2.24) is 9.97 Å². The van der Waals surface area contributed by atoms with Gasteiger partial charge in [-0.1, -0.05) is 0 Å². The van der Waals surface area contributed by atoms with Gasteiger partial charge in [-0.3, -0.25) is 0 Å². The van der Waals surface area contributed by atoms with Crippen LogP contribution in [0.4, 0.5) is 5.82 Å². The maximum absolute atomic E-state index is 5.96. The van der Waals surface area contributed by atoms with Gasteiger partial charge in [0, 0.05) is 19.6 Å². The third-order valence-corrected chi connectivity index (χ3v) is 4.11. The number of fused-ring (bicyclic) bond motifs is 1. The van der Waals surface area contributed by atoms with Gasteiger partial charge in [0.1, 0.15) is 17.0 Å². The smallest absolute Gasteiger partial charge is 0.140 e. The highest BCUT2D eigenvalue weighted by atomic mass is 32.1. The van der Waals surface area contributed by atoms with Crippen molar-refractivity contribution in [3.8, 4) is 0 Å². The van der Waals surface area contributed by atoms with Crippen LogP contribution in [0.2, 0.25) is 0 Å². The second kappa shape index (κ2) is 4.70. The van der Waals surface area contributed by atoms with Crippen LogP contribution in [0, 0.1) is 0 Å². The van der Waals surface area contributed by atoms with E-state index in [1.807, 2.05) is 0 Å². The van der Waals surface area contributed by atoms with E-state index in [2.05, 4.69) is 40.2 Å². The molecule has 0 saturated carbocycles. The van der Waals surface area contributed by atoms with Crippen LogP contribution in [0.15, 0.2) is 17.8 Å². The van der Waals surface area contributed by atoms with Gasteiger partial charge in [-0.2, -0.15) is 0 Å². The minimum Gasteiger partial charge on any atom is -0.367 e. The molecule has 3 heterocycles. The van der Waals surface area contributed by atoms with E-state index in [1.54, 1.807) is 17.7 Å². The summed E-state index contributed by atoms with van der Waals surface area (Å²) in [6.45, 7) is 6.30. The highest BCUT2D eigenvalue weighted by Gasteiger charge is 2.34. The average molecular weight is 278 g/mol. The second-order valence-corrected chi connectivity index (χ2v) is 6.35. The zero-order valence-electron chi connectivity index (χ0n) is 11.2. The predicted molar refractivity (Wildman–Crippen MR) is 77.6 cm³/mol. The number of ether oxygens (including phenoxy) is 1. The summed E-state index contributed by atoms with van der Waals surface area (Å²) >= 11 is 1.64. The van der Waals surface area contributed by atoms with Gasteiger partial charge in [-0.15, -0.1) is 11.3 Å². The Morgan fingerprint density at radius 1 is 1.53 bits per heavy atom. The minimum absolute atomic E-state index is 0.0485. The maximum Gasteiger partial charge on any atom is 0.140 e. The van der Waals surface area contributed by atoms with E-state index in [9.17, 15) is 0 Å². The lowest BCUT2D eigenvalue weighted by molar-refractivity contribution is -0.0789. The molecule has 2 N–H and O–H groups in total. The van der Waals surface area contributed by atoms with E-state index in [1.165, 1.54) is 0 Å². The van der Waals surface area contributed by atoms with E-state index in [0.29, 0.717) is 6.54 Å². The van der Waals surface area contributed by atoms with Gasteiger partial charge >= 0.3 is 0 Å². The summed E-state index contributed by atoms with van der Waals surface area (Å²) in [6, 6.07) is 2.08. The first-order chi connectivity index (χ1) is 9.09. The lowest BCUT2D eigenvalue weighted by Gasteiger charge is -2.43. The summed E-state index contributed by atoms with van der Waals surface area (Å²) in [6.07, 6.45) is 1.68. The predicted octanol–water partition coefficient (Wildman–Crippen LogP) is 1.63. The lowest BCUT2D eigenvalue weighted by atomic mass is 10.0. The number of nitrogens with zero attached hydrogens (tertiary/aromatic N) is 3. The molecule has 2 aromatic heterocycles. The normalized spacial score (nSPS) is 22.9. The summed E-state index contributed by atoms with van der Waals surface area (Å²) in [5.41, 5.74) is 5.56. The van der Waals surface area contributed by atoms with Gasteiger partial charge in [0.25, 0.3) is 0 Å². The van der Waals surface area contributed by atoms with Gasteiger partial charge in [-0.25, -0.2) is 9.97 Å². The highest BCUT2D eigenvalue weighted by Crippen LogP contribution is 2.30. The van der Waals surface area contributed by atoms with E-state index in [-0.39, 0.29) is 11.7 Å². The van der Waals surface area contributed by atoms with Gasteiger partial charge in [0.05, 0.1) is 17.1 Å². The van der Waals surface area contributed by atoms with Crippen molar-refractivity contribution in [2.24, 2.45) is 5.73 Å². The van der Waals surface area contributed by atoms with Crippen LogP contribution in [0.3, 0.4) is 0 Å². The molecule has 0 aromatic carbocycles. The van der Waals surface area contributed by atoms with E-state index in [0.717, 1.165) is 29.1 Å². The van der Waals surface area contributed by atoms with Gasteiger partial charge < -0.3 is 15.4 Å². The van der Waals surface area contributed by atoms with Crippen molar-refractivity contribution in [3.05, 3.63) is 17.8 Å². The summed E-state index contributed by atoms with van der Waals surface area (Å²) in [4.78, 5) is 12.0. The molecular weight excluding hydrogens is 260 g/mol. The van der Waals surface area contributed by atoms with Gasteiger partial charge in [-0.05, 0) is 25.3 Å². The molecule has 0 aliphatic carbocycles. The Bertz CT molecular complexity index is 583. The largest absolute Gasteiger partial charge is 0.367 e.